The summed E-state index contributed by atoms with van der Waals surface area (Å²) in [6, 6.07) is 14.3. The number of non-ortho nitro benzene ring substituents is 1. The quantitative estimate of drug-likeness (QED) is 0.420. The molecule has 1 amide bonds. The van der Waals surface area contributed by atoms with Crippen LogP contribution in [0.5, 0.6) is 5.75 Å². The molecule has 2 aromatic rings. The standard InChI is InChI=1S/C21H25N3O4S/c1-15(29-18-11-9-17(10-12-18)24(26)27)21(25)22-16-6-5-13-23(14-16)19-7-3-4-8-20(19)28-2/h3-4,7-12,15-16H,5-6,13-14H2,1-2H3,(H,22,25). The minimum absolute atomic E-state index is 0.0276. The van der Waals surface area contributed by atoms with Crippen LogP contribution in [0.2, 0.25) is 0 Å². The molecule has 154 valence electrons. The Morgan fingerprint density at radius 2 is 2.00 bits per heavy atom. The molecule has 1 aliphatic rings. The van der Waals surface area contributed by atoms with Crippen molar-refractivity contribution in [2.75, 3.05) is 25.1 Å². The SMILES string of the molecule is COc1ccccc1N1CCCC(NC(=O)C(C)Sc2ccc([N+](=O)[O-])cc2)C1. The number of rotatable bonds is 7. The molecule has 1 heterocycles. The number of nitro groups is 1. The van der Waals surface area contributed by atoms with Gasteiger partial charge in [0.05, 0.1) is 23.0 Å². The third-order valence-electron chi connectivity index (χ3n) is 4.92. The van der Waals surface area contributed by atoms with Crippen molar-refractivity contribution in [3.8, 4) is 5.75 Å². The highest BCUT2D eigenvalue weighted by atomic mass is 32.2. The van der Waals surface area contributed by atoms with Crippen molar-refractivity contribution in [3.05, 3.63) is 58.6 Å². The molecule has 1 saturated heterocycles. The van der Waals surface area contributed by atoms with Crippen molar-refractivity contribution in [3.63, 3.8) is 0 Å². The number of hydrogen-bond acceptors (Lipinski definition) is 6. The fraction of sp³-hybridized carbons (Fsp3) is 0.381. The lowest BCUT2D eigenvalue weighted by Gasteiger charge is -2.35. The molecule has 7 nitrogen and oxygen atoms in total. The Morgan fingerprint density at radius 3 is 2.69 bits per heavy atom. The lowest BCUT2D eigenvalue weighted by Crippen LogP contribution is -2.49. The number of nitrogens with zero attached hydrogens (tertiary/aromatic N) is 2. The number of amides is 1. The van der Waals surface area contributed by atoms with Crippen LogP contribution in [0.25, 0.3) is 0 Å². The van der Waals surface area contributed by atoms with Gasteiger partial charge in [-0.3, -0.25) is 14.9 Å². The van der Waals surface area contributed by atoms with Crippen molar-refractivity contribution in [2.45, 2.75) is 36.0 Å². The Balaban J connectivity index is 1.57. The summed E-state index contributed by atoms with van der Waals surface area (Å²) in [6.07, 6.45) is 1.93. The van der Waals surface area contributed by atoms with E-state index in [1.165, 1.54) is 23.9 Å². The Labute approximate surface area is 174 Å². The van der Waals surface area contributed by atoms with Crippen LogP contribution in [0.3, 0.4) is 0 Å². The maximum Gasteiger partial charge on any atom is 0.269 e. The smallest absolute Gasteiger partial charge is 0.269 e. The lowest BCUT2D eigenvalue weighted by atomic mass is 10.0. The van der Waals surface area contributed by atoms with Crippen molar-refractivity contribution < 1.29 is 14.5 Å². The van der Waals surface area contributed by atoms with Crippen LogP contribution in [0.4, 0.5) is 11.4 Å². The number of nitro benzene ring substituents is 1. The molecule has 0 spiro atoms. The molecule has 0 aromatic heterocycles. The Kier molecular flexibility index (Phi) is 6.98. The number of ether oxygens (including phenoxy) is 1. The van der Waals surface area contributed by atoms with Gasteiger partial charge in [-0.2, -0.15) is 0 Å². The van der Waals surface area contributed by atoms with Gasteiger partial charge in [0.15, 0.2) is 0 Å². The fourth-order valence-electron chi connectivity index (χ4n) is 3.43. The number of para-hydroxylation sites is 2. The zero-order valence-corrected chi connectivity index (χ0v) is 17.4. The number of methoxy groups -OCH3 is 1. The largest absolute Gasteiger partial charge is 0.495 e. The predicted octanol–water partition coefficient (Wildman–Crippen LogP) is 3.87. The van der Waals surface area contributed by atoms with Gasteiger partial charge >= 0.3 is 0 Å². The minimum atomic E-state index is -0.429. The number of carbonyl (C=O) groups is 1. The van der Waals surface area contributed by atoms with Gasteiger partial charge in [0, 0.05) is 36.2 Å². The molecule has 2 unspecified atom stereocenters. The van der Waals surface area contributed by atoms with E-state index >= 15 is 0 Å². The second-order valence-corrected chi connectivity index (χ2v) is 8.39. The summed E-state index contributed by atoms with van der Waals surface area (Å²) >= 11 is 1.40. The van der Waals surface area contributed by atoms with E-state index in [1.807, 2.05) is 31.2 Å². The van der Waals surface area contributed by atoms with Crippen LogP contribution in [0, 0.1) is 10.1 Å². The van der Waals surface area contributed by atoms with Crippen LogP contribution < -0.4 is 15.0 Å². The number of carbonyl (C=O) groups excluding carboxylic acids is 1. The summed E-state index contributed by atoms with van der Waals surface area (Å²) in [5.74, 6) is 0.807. The summed E-state index contributed by atoms with van der Waals surface area (Å²) in [5, 5.41) is 13.6. The zero-order chi connectivity index (χ0) is 20.8. The molecule has 0 bridgehead atoms. The van der Waals surface area contributed by atoms with Gasteiger partial charge < -0.3 is 15.0 Å². The van der Waals surface area contributed by atoms with Gasteiger partial charge in [-0.1, -0.05) is 12.1 Å². The summed E-state index contributed by atoms with van der Waals surface area (Å²) in [6.45, 7) is 3.52. The molecular weight excluding hydrogens is 390 g/mol. The van der Waals surface area contributed by atoms with E-state index in [0.29, 0.717) is 0 Å². The van der Waals surface area contributed by atoms with Crippen LogP contribution >= 0.6 is 11.8 Å². The molecule has 0 radical (unpaired) electrons. The maximum absolute atomic E-state index is 12.7. The van der Waals surface area contributed by atoms with Crippen molar-refractivity contribution in [1.29, 1.82) is 0 Å². The lowest BCUT2D eigenvalue weighted by molar-refractivity contribution is -0.384. The first-order chi connectivity index (χ1) is 14.0. The van der Waals surface area contributed by atoms with Crippen LogP contribution in [-0.4, -0.2) is 42.3 Å². The number of hydrogen-bond donors (Lipinski definition) is 1. The molecule has 2 atom stereocenters. The minimum Gasteiger partial charge on any atom is -0.495 e. The molecule has 3 rings (SSSR count). The second kappa shape index (κ2) is 9.65. The second-order valence-electron chi connectivity index (χ2n) is 6.98. The number of nitrogens with one attached hydrogen (secondary N) is 1. The van der Waals surface area contributed by atoms with Crippen LogP contribution in [0.15, 0.2) is 53.4 Å². The summed E-state index contributed by atoms with van der Waals surface area (Å²) in [7, 11) is 1.67. The summed E-state index contributed by atoms with van der Waals surface area (Å²) in [4.78, 5) is 26.1. The molecule has 1 aliphatic heterocycles. The van der Waals surface area contributed by atoms with Gasteiger partial charge in [-0.25, -0.2) is 0 Å². The molecule has 0 saturated carbocycles. The monoisotopic (exact) mass is 415 g/mol. The molecule has 2 aromatic carbocycles. The first kappa shape index (κ1) is 21.0. The summed E-state index contributed by atoms with van der Waals surface area (Å²) < 4.78 is 5.47. The third kappa shape index (κ3) is 5.41. The average Bonchev–Trinajstić information content (AvgIpc) is 2.74. The Morgan fingerprint density at radius 1 is 1.28 bits per heavy atom. The average molecular weight is 416 g/mol. The summed E-state index contributed by atoms with van der Waals surface area (Å²) in [5.41, 5.74) is 1.09. The van der Waals surface area contributed by atoms with E-state index in [4.69, 9.17) is 4.74 Å². The van der Waals surface area contributed by atoms with Crippen molar-refractivity contribution in [1.82, 2.24) is 5.32 Å². The van der Waals surface area contributed by atoms with Gasteiger partial charge in [-0.15, -0.1) is 11.8 Å². The van der Waals surface area contributed by atoms with Crippen molar-refractivity contribution in [2.24, 2.45) is 0 Å². The first-order valence-electron chi connectivity index (χ1n) is 9.57. The Bertz CT molecular complexity index is 859. The number of thioether (sulfide) groups is 1. The predicted molar refractivity (Wildman–Crippen MR) is 115 cm³/mol. The highest BCUT2D eigenvalue weighted by Crippen LogP contribution is 2.30. The Hall–Kier alpha value is -2.74. The van der Waals surface area contributed by atoms with Gasteiger partial charge in [-0.05, 0) is 44.0 Å². The zero-order valence-electron chi connectivity index (χ0n) is 16.5. The van der Waals surface area contributed by atoms with E-state index in [9.17, 15) is 14.9 Å². The fourth-order valence-corrected chi connectivity index (χ4v) is 4.30. The van der Waals surface area contributed by atoms with Crippen LogP contribution in [-0.2, 0) is 4.79 Å². The molecule has 1 N–H and O–H groups in total. The first-order valence-corrected chi connectivity index (χ1v) is 10.5. The van der Waals surface area contributed by atoms with Crippen LogP contribution in [0.1, 0.15) is 19.8 Å². The topological polar surface area (TPSA) is 84.7 Å². The normalized spacial score (nSPS) is 17.4. The van der Waals surface area contributed by atoms with Gasteiger partial charge in [0.25, 0.3) is 5.69 Å². The van der Waals surface area contributed by atoms with Gasteiger partial charge in [0.2, 0.25) is 5.91 Å². The van der Waals surface area contributed by atoms with E-state index < -0.39 is 4.92 Å². The maximum atomic E-state index is 12.7. The number of piperidine rings is 1. The van der Waals surface area contributed by atoms with E-state index in [2.05, 4.69) is 10.2 Å². The number of anilines is 1. The highest BCUT2D eigenvalue weighted by Gasteiger charge is 2.25. The van der Waals surface area contributed by atoms with Gasteiger partial charge in [0.1, 0.15) is 5.75 Å². The van der Waals surface area contributed by atoms with Crippen molar-refractivity contribution >= 4 is 29.0 Å². The van der Waals surface area contributed by atoms with E-state index in [1.54, 1.807) is 19.2 Å². The molecule has 8 heteroatoms. The third-order valence-corrected chi connectivity index (χ3v) is 6.04. The molecular formula is C21H25N3O4S. The highest BCUT2D eigenvalue weighted by molar-refractivity contribution is 8.00. The van der Waals surface area contributed by atoms with E-state index in [0.717, 1.165) is 42.3 Å². The number of benzene rings is 2. The van der Waals surface area contributed by atoms with E-state index in [-0.39, 0.29) is 22.9 Å². The molecule has 29 heavy (non-hydrogen) atoms. The molecule has 1 fully saturated rings. The molecule has 0 aliphatic carbocycles.